The van der Waals surface area contributed by atoms with Gasteiger partial charge in [0.2, 0.25) is 0 Å². The average molecular weight is 467 g/mol. The van der Waals surface area contributed by atoms with E-state index in [0.717, 1.165) is 51.2 Å². The zero-order valence-electron chi connectivity index (χ0n) is 22.6. The van der Waals surface area contributed by atoms with E-state index in [9.17, 15) is 10.2 Å². The molecular weight excluding hydrogens is 412 g/mol. The van der Waals surface area contributed by atoms with Crippen LogP contribution in [0.5, 0.6) is 0 Å². The van der Waals surface area contributed by atoms with Gasteiger partial charge in [-0.15, -0.1) is 0 Å². The van der Waals surface area contributed by atoms with Crippen LogP contribution in [0, 0.1) is 40.4 Å². The predicted octanol–water partition coefficient (Wildman–Crippen LogP) is 6.57. The third-order valence-corrected chi connectivity index (χ3v) is 10.7. The van der Waals surface area contributed by atoms with Gasteiger partial charge in [-0.3, -0.25) is 0 Å². The van der Waals surface area contributed by atoms with E-state index in [1.807, 2.05) is 27.7 Å². The van der Waals surface area contributed by atoms with Gasteiger partial charge in [0, 0.05) is 19.4 Å². The third-order valence-electron chi connectivity index (χ3n) is 10.7. The second-order valence-corrected chi connectivity index (χ2v) is 11.6. The molecule has 0 bridgehead atoms. The van der Waals surface area contributed by atoms with Crippen molar-refractivity contribution in [3.8, 4) is 0 Å². The molecule has 33 heavy (non-hydrogen) atoms. The number of aliphatic hydroxyl groups is 2. The molecule has 1 saturated heterocycles. The summed E-state index contributed by atoms with van der Waals surface area (Å²) >= 11 is 0. The quantitative estimate of drug-likeness (QED) is 0.460. The number of hydrogen-bond acceptors (Lipinski definition) is 4. The van der Waals surface area contributed by atoms with Gasteiger partial charge in [0.15, 0.2) is 5.79 Å². The van der Waals surface area contributed by atoms with Crippen LogP contribution in [0.25, 0.3) is 0 Å². The Morgan fingerprint density at radius 2 is 1.48 bits per heavy atom. The van der Waals surface area contributed by atoms with Gasteiger partial charge in [0.1, 0.15) is 0 Å². The Hall–Kier alpha value is -0.160. The molecule has 0 aromatic heterocycles. The highest BCUT2D eigenvalue weighted by molar-refractivity contribution is 5.12. The van der Waals surface area contributed by atoms with Crippen molar-refractivity contribution in [2.75, 3.05) is 19.8 Å². The van der Waals surface area contributed by atoms with E-state index in [1.165, 1.54) is 38.5 Å². The Bertz CT molecular complexity index is 602. The van der Waals surface area contributed by atoms with Gasteiger partial charge < -0.3 is 19.7 Å². The highest BCUT2D eigenvalue weighted by atomic mass is 16.7. The molecule has 0 aromatic carbocycles. The minimum atomic E-state index is -0.342. The lowest BCUT2D eigenvalue weighted by molar-refractivity contribution is -0.242. The molecule has 2 N–H and O–H groups in total. The van der Waals surface area contributed by atoms with Gasteiger partial charge in [-0.25, -0.2) is 0 Å². The van der Waals surface area contributed by atoms with Crippen molar-refractivity contribution in [1.29, 1.82) is 0 Å². The summed E-state index contributed by atoms with van der Waals surface area (Å²) in [6.07, 6.45) is 12.6. The molecule has 4 heteroatoms. The first-order valence-corrected chi connectivity index (χ1v) is 14.5. The van der Waals surface area contributed by atoms with Crippen molar-refractivity contribution < 1.29 is 19.7 Å². The number of fused-ring (bicyclic) bond motifs is 5. The fourth-order valence-electron chi connectivity index (χ4n) is 9.01. The maximum absolute atomic E-state index is 11.4. The maximum Gasteiger partial charge on any atom is 0.168 e. The third kappa shape index (κ3) is 4.80. The second kappa shape index (κ2) is 11.3. The Kier molecular flexibility index (Phi) is 9.37. The molecule has 6 unspecified atom stereocenters. The Balaban J connectivity index is 0.000000728. The summed E-state index contributed by atoms with van der Waals surface area (Å²) in [5.74, 6) is 2.79. The number of aliphatic hydroxyl groups excluding tert-OH is 2. The van der Waals surface area contributed by atoms with E-state index in [2.05, 4.69) is 13.8 Å². The number of unbranched alkanes of at least 4 members (excludes halogenated alkanes) is 1. The molecule has 0 amide bonds. The SMILES string of the molecule is CC.CC.CC12CCC3C(C1CCC2CCCCO)[C@H](O)C[C@H]1CC2(CCC31C)OCCO2. The zero-order valence-corrected chi connectivity index (χ0v) is 22.6. The van der Waals surface area contributed by atoms with Gasteiger partial charge in [0.05, 0.1) is 19.3 Å². The van der Waals surface area contributed by atoms with Crippen LogP contribution in [0.3, 0.4) is 0 Å². The summed E-state index contributed by atoms with van der Waals surface area (Å²) in [4.78, 5) is 0. The molecule has 5 rings (SSSR count). The van der Waals surface area contributed by atoms with Crippen LogP contribution < -0.4 is 0 Å². The minimum Gasteiger partial charge on any atom is -0.396 e. The highest BCUT2D eigenvalue weighted by Crippen LogP contribution is 2.68. The smallest absolute Gasteiger partial charge is 0.168 e. The Morgan fingerprint density at radius 1 is 0.818 bits per heavy atom. The minimum absolute atomic E-state index is 0.157. The van der Waals surface area contributed by atoms with Crippen LogP contribution in [-0.2, 0) is 9.47 Å². The van der Waals surface area contributed by atoms with Crippen LogP contribution in [0.2, 0.25) is 0 Å². The monoisotopic (exact) mass is 466 g/mol. The summed E-state index contributed by atoms with van der Waals surface area (Å²) in [6, 6.07) is 0. The molecule has 194 valence electrons. The molecule has 5 fully saturated rings. The molecule has 1 aliphatic heterocycles. The maximum atomic E-state index is 11.4. The van der Waals surface area contributed by atoms with Crippen LogP contribution >= 0.6 is 0 Å². The first-order chi connectivity index (χ1) is 15.9. The zero-order chi connectivity index (χ0) is 24.3. The second-order valence-electron chi connectivity index (χ2n) is 11.6. The fraction of sp³-hybridized carbons (Fsp3) is 1.00. The highest BCUT2D eigenvalue weighted by Gasteiger charge is 2.64. The summed E-state index contributed by atoms with van der Waals surface area (Å²) in [6.45, 7) is 14.9. The lowest BCUT2D eigenvalue weighted by Gasteiger charge is -2.63. The van der Waals surface area contributed by atoms with Crippen molar-refractivity contribution in [3.63, 3.8) is 0 Å². The molecular formula is C29H54O4. The van der Waals surface area contributed by atoms with Gasteiger partial charge in [-0.2, -0.15) is 0 Å². The van der Waals surface area contributed by atoms with E-state index < -0.39 is 0 Å². The first kappa shape index (κ1) is 27.4. The van der Waals surface area contributed by atoms with Crippen molar-refractivity contribution in [2.24, 2.45) is 40.4 Å². The average Bonchev–Trinajstić information content (AvgIpc) is 3.42. The van der Waals surface area contributed by atoms with Crippen LogP contribution in [0.4, 0.5) is 0 Å². The van der Waals surface area contributed by atoms with Crippen LogP contribution in [0.15, 0.2) is 0 Å². The Morgan fingerprint density at radius 3 is 2.15 bits per heavy atom. The van der Waals surface area contributed by atoms with Crippen LogP contribution in [0.1, 0.15) is 112 Å². The summed E-state index contributed by atoms with van der Waals surface area (Å²) in [5, 5.41) is 20.6. The summed E-state index contributed by atoms with van der Waals surface area (Å²) < 4.78 is 12.1. The Labute approximate surface area is 204 Å². The summed E-state index contributed by atoms with van der Waals surface area (Å²) in [5.41, 5.74) is 0.731. The van der Waals surface area contributed by atoms with Crippen molar-refractivity contribution >= 4 is 0 Å². The molecule has 5 aliphatic rings. The summed E-state index contributed by atoms with van der Waals surface area (Å²) in [7, 11) is 0. The van der Waals surface area contributed by atoms with Gasteiger partial charge in [0.25, 0.3) is 0 Å². The van der Waals surface area contributed by atoms with E-state index in [4.69, 9.17) is 9.47 Å². The molecule has 4 aliphatic carbocycles. The van der Waals surface area contributed by atoms with E-state index >= 15 is 0 Å². The topological polar surface area (TPSA) is 58.9 Å². The largest absolute Gasteiger partial charge is 0.396 e. The van der Waals surface area contributed by atoms with Crippen molar-refractivity contribution in [1.82, 2.24) is 0 Å². The lowest BCUT2D eigenvalue weighted by Crippen LogP contribution is -2.60. The standard InChI is InChI=1S/C25H42O4.2C2H6/c1-23-9-8-20-22(19(23)7-6-17(23)5-3-4-12-26)21(27)15-18-16-25(28-13-14-29-25)11-10-24(18,20)2;2*1-2/h17-22,26-27H,3-16H2,1-2H3;2*1-2H3/t17?,18-,19?,20?,21+,22?,23?,24?;;/m0../s1. The predicted molar refractivity (Wildman–Crippen MR) is 135 cm³/mol. The fourth-order valence-corrected chi connectivity index (χ4v) is 9.01. The molecule has 1 spiro atoms. The number of ether oxygens (including phenoxy) is 2. The van der Waals surface area contributed by atoms with E-state index in [-0.39, 0.29) is 11.9 Å². The molecule has 8 atom stereocenters. The normalized spacial score (nSPS) is 45.1. The molecule has 4 saturated carbocycles. The van der Waals surface area contributed by atoms with Crippen molar-refractivity contribution in [3.05, 3.63) is 0 Å². The number of rotatable bonds is 4. The first-order valence-electron chi connectivity index (χ1n) is 14.5. The molecule has 0 aromatic rings. The lowest BCUT2D eigenvalue weighted by atomic mass is 9.43. The van der Waals surface area contributed by atoms with E-state index in [0.29, 0.717) is 41.1 Å². The van der Waals surface area contributed by atoms with E-state index in [1.54, 1.807) is 0 Å². The van der Waals surface area contributed by atoms with Crippen LogP contribution in [-0.4, -0.2) is 41.9 Å². The van der Waals surface area contributed by atoms with Gasteiger partial charge in [-0.05, 0) is 91.8 Å². The van der Waals surface area contributed by atoms with Crippen molar-refractivity contribution in [2.45, 2.75) is 124 Å². The van der Waals surface area contributed by atoms with Gasteiger partial charge in [-0.1, -0.05) is 48.0 Å². The van der Waals surface area contributed by atoms with Gasteiger partial charge >= 0.3 is 0 Å². The number of hydrogen-bond donors (Lipinski definition) is 2. The molecule has 1 heterocycles. The molecule has 4 nitrogen and oxygen atoms in total. The molecule has 0 radical (unpaired) electrons.